The molecule has 0 aromatic carbocycles. The van der Waals surface area contributed by atoms with Gasteiger partial charge in [-0.2, -0.15) is 0 Å². The summed E-state index contributed by atoms with van der Waals surface area (Å²) in [6.45, 7) is 9.99. The third kappa shape index (κ3) is 3.27. The van der Waals surface area contributed by atoms with Gasteiger partial charge in [0.15, 0.2) is 0 Å². The number of hydrogen-bond acceptors (Lipinski definition) is 4. The zero-order valence-corrected chi connectivity index (χ0v) is 18.6. The SMILES string of the molecule is C/C=C1/CC[C@H]2[C@@H]3CC=C4C[C@@H](OC(C)=O)CC[C@]4(C)[C@H]3[C@H](OC(C)=O)C[C@]12C. The van der Waals surface area contributed by atoms with Crippen LogP contribution in [0.15, 0.2) is 23.3 Å². The van der Waals surface area contributed by atoms with Crippen LogP contribution in [0.3, 0.4) is 0 Å². The lowest BCUT2D eigenvalue weighted by Gasteiger charge is -2.59. The van der Waals surface area contributed by atoms with Gasteiger partial charge in [0.05, 0.1) is 0 Å². The van der Waals surface area contributed by atoms with E-state index >= 15 is 0 Å². The molecule has 29 heavy (non-hydrogen) atoms. The van der Waals surface area contributed by atoms with Gasteiger partial charge in [-0.3, -0.25) is 9.59 Å². The highest BCUT2D eigenvalue weighted by atomic mass is 16.5. The first kappa shape index (κ1) is 20.7. The molecule has 0 unspecified atom stereocenters. The maximum absolute atomic E-state index is 12.1. The summed E-state index contributed by atoms with van der Waals surface area (Å²) in [7, 11) is 0. The Labute approximate surface area is 175 Å². The molecule has 0 heterocycles. The second kappa shape index (κ2) is 7.28. The first-order chi connectivity index (χ1) is 13.7. The minimum Gasteiger partial charge on any atom is -0.462 e. The number of rotatable bonds is 2. The summed E-state index contributed by atoms with van der Waals surface area (Å²) < 4.78 is 11.6. The minimum atomic E-state index is -0.191. The molecule has 0 radical (unpaired) electrons. The molecular weight excluding hydrogens is 364 g/mol. The van der Waals surface area contributed by atoms with E-state index in [9.17, 15) is 9.59 Å². The molecular formula is C25H36O4. The van der Waals surface area contributed by atoms with Crippen molar-refractivity contribution in [1.29, 1.82) is 0 Å². The summed E-state index contributed by atoms with van der Waals surface area (Å²) in [5.41, 5.74) is 3.14. The standard InChI is InChI=1S/C25H36O4/c1-6-17-8-10-21-20-9-7-18-13-19(28-15(2)26)11-12-24(18,4)23(20)22(29-16(3)27)14-25(17,21)5/h6-7,19-23H,8-14H2,1-5H3/b17-6-/t19-,20-,21-,22+,23+,24-,25+/m0/s1. The van der Waals surface area contributed by atoms with Crippen molar-refractivity contribution in [3.63, 3.8) is 0 Å². The molecule has 160 valence electrons. The maximum atomic E-state index is 12.1. The van der Waals surface area contributed by atoms with Gasteiger partial charge in [-0.25, -0.2) is 0 Å². The van der Waals surface area contributed by atoms with Gasteiger partial charge in [-0.1, -0.05) is 37.1 Å². The molecule has 0 saturated heterocycles. The Kier molecular flexibility index (Phi) is 5.19. The number of fused-ring (bicyclic) bond motifs is 5. The van der Waals surface area contributed by atoms with Crippen molar-refractivity contribution < 1.29 is 19.1 Å². The molecule has 3 saturated carbocycles. The maximum Gasteiger partial charge on any atom is 0.302 e. The number of hydrogen-bond donors (Lipinski definition) is 0. The van der Waals surface area contributed by atoms with Crippen molar-refractivity contribution in [1.82, 2.24) is 0 Å². The van der Waals surface area contributed by atoms with Crippen LogP contribution < -0.4 is 0 Å². The van der Waals surface area contributed by atoms with Gasteiger partial charge in [0.1, 0.15) is 12.2 Å². The van der Waals surface area contributed by atoms with Crippen LogP contribution in [0.25, 0.3) is 0 Å². The largest absolute Gasteiger partial charge is 0.462 e. The van der Waals surface area contributed by atoms with Crippen LogP contribution >= 0.6 is 0 Å². The van der Waals surface area contributed by atoms with Crippen LogP contribution in [0.1, 0.15) is 79.6 Å². The summed E-state index contributed by atoms with van der Waals surface area (Å²) in [6, 6.07) is 0. The number of esters is 2. The highest BCUT2D eigenvalue weighted by molar-refractivity contribution is 5.66. The van der Waals surface area contributed by atoms with Crippen LogP contribution in [0, 0.1) is 28.6 Å². The van der Waals surface area contributed by atoms with Crippen molar-refractivity contribution in [2.75, 3.05) is 0 Å². The molecule has 0 aromatic rings. The van der Waals surface area contributed by atoms with E-state index in [2.05, 4.69) is 32.9 Å². The fraction of sp³-hybridized carbons (Fsp3) is 0.760. The molecule has 4 nitrogen and oxygen atoms in total. The minimum absolute atomic E-state index is 0.00878. The van der Waals surface area contributed by atoms with Crippen LogP contribution in [0.2, 0.25) is 0 Å². The molecule has 0 amide bonds. The Morgan fingerprint density at radius 1 is 1.10 bits per heavy atom. The monoisotopic (exact) mass is 400 g/mol. The van der Waals surface area contributed by atoms with E-state index in [-0.39, 0.29) is 35.0 Å². The molecule has 0 aromatic heterocycles. The summed E-state index contributed by atoms with van der Waals surface area (Å²) in [5, 5.41) is 0. The lowest BCUT2D eigenvalue weighted by Crippen LogP contribution is -2.56. The van der Waals surface area contributed by atoms with Gasteiger partial charge < -0.3 is 9.47 Å². The number of ether oxygens (including phenoxy) is 2. The number of carbonyl (C=O) groups excluding carboxylic acids is 2. The Morgan fingerprint density at radius 2 is 1.83 bits per heavy atom. The highest BCUT2D eigenvalue weighted by Gasteiger charge is 2.61. The zero-order valence-electron chi connectivity index (χ0n) is 18.6. The molecule has 0 bridgehead atoms. The van der Waals surface area contributed by atoms with E-state index < -0.39 is 0 Å². The number of allylic oxidation sites excluding steroid dienone is 3. The molecule has 4 aliphatic rings. The molecule has 4 aliphatic carbocycles. The fourth-order valence-corrected chi connectivity index (χ4v) is 7.70. The summed E-state index contributed by atoms with van der Waals surface area (Å²) >= 11 is 0. The third-order valence-corrected chi connectivity index (χ3v) is 8.82. The van der Waals surface area contributed by atoms with Crippen molar-refractivity contribution in [3.8, 4) is 0 Å². The molecule has 0 spiro atoms. The smallest absolute Gasteiger partial charge is 0.302 e. The predicted octanol–water partition coefficient (Wildman–Crippen LogP) is 5.37. The van der Waals surface area contributed by atoms with E-state index in [0.717, 1.165) is 32.1 Å². The van der Waals surface area contributed by atoms with Gasteiger partial charge >= 0.3 is 11.9 Å². The summed E-state index contributed by atoms with van der Waals surface area (Å²) in [5.74, 6) is 1.22. The van der Waals surface area contributed by atoms with E-state index in [1.807, 2.05) is 0 Å². The van der Waals surface area contributed by atoms with E-state index in [1.165, 1.54) is 25.3 Å². The van der Waals surface area contributed by atoms with Crippen molar-refractivity contribution >= 4 is 11.9 Å². The quantitative estimate of drug-likeness (QED) is 0.462. The van der Waals surface area contributed by atoms with Gasteiger partial charge in [0.25, 0.3) is 0 Å². The Balaban J connectivity index is 1.70. The lowest BCUT2D eigenvalue weighted by molar-refractivity contribution is -0.170. The first-order valence-electron chi connectivity index (χ1n) is 11.4. The van der Waals surface area contributed by atoms with Crippen LogP contribution in [-0.4, -0.2) is 24.1 Å². The Morgan fingerprint density at radius 3 is 2.48 bits per heavy atom. The molecule has 7 atom stereocenters. The zero-order chi connectivity index (χ0) is 21.0. The molecule has 0 aliphatic heterocycles. The van der Waals surface area contributed by atoms with Crippen LogP contribution in [0.4, 0.5) is 0 Å². The van der Waals surface area contributed by atoms with E-state index in [0.29, 0.717) is 17.8 Å². The Hall–Kier alpha value is -1.58. The van der Waals surface area contributed by atoms with Crippen molar-refractivity contribution in [2.45, 2.75) is 91.8 Å². The van der Waals surface area contributed by atoms with Crippen LogP contribution in [0.5, 0.6) is 0 Å². The van der Waals surface area contributed by atoms with Crippen molar-refractivity contribution in [2.24, 2.45) is 28.6 Å². The molecule has 4 rings (SSSR count). The normalized spacial score (nSPS) is 44.9. The second-order valence-corrected chi connectivity index (χ2v) is 10.3. The van der Waals surface area contributed by atoms with E-state index in [4.69, 9.17) is 9.47 Å². The van der Waals surface area contributed by atoms with Crippen LogP contribution in [-0.2, 0) is 19.1 Å². The van der Waals surface area contributed by atoms with Gasteiger partial charge in [-0.05, 0) is 68.1 Å². The number of carbonyl (C=O) groups is 2. The molecule has 3 fully saturated rings. The first-order valence-corrected chi connectivity index (χ1v) is 11.4. The third-order valence-electron chi connectivity index (χ3n) is 8.82. The van der Waals surface area contributed by atoms with Crippen molar-refractivity contribution in [3.05, 3.63) is 23.3 Å². The summed E-state index contributed by atoms with van der Waals surface area (Å²) in [6.07, 6.45) is 11.8. The second-order valence-electron chi connectivity index (χ2n) is 10.3. The average Bonchev–Trinajstić information content (AvgIpc) is 2.96. The summed E-state index contributed by atoms with van der Waals surface area (Å²) in [4.78, 5) is 23.5. The van der Waals surface area contributed by atoms with Gasteiger partial charge in [-0.15, -0.1) is 0 Å². The van der Waals surface area contributed by atoms with Gasteiger partial charge in [0.2, 0.25) is 0 Å². The predicted molar refractivity (Wildman–Crippen MR) is 112 cm³/mol. The highest BCUT2D eigenvalue weighted by Crippen LogP contribution is 2.66. The van der Waals surface area contributed by atoms with E-state index in [1.54, 1.807) is 12.5 Å². The Bertz CT molecular complexity index is 765. The molecule has 0 N–H and O–H groups in total. The average molecular weight is 401 g/mol. The fourth-order valence-electron chi connectivity index (χ4n) is 7.70. The lowest BCUT2D eigenvalue weighted by atomic mass is 9.47. The molecule has 4 heteroatoms. The van der Waals surface area contributed by atoms with Gasteiger partial charge in [0, 0.05) is 26.2 Å². The topological polar surface area (TPSA) is 52.6 Å².